The number of aliphatic hydroxyl groups is 1. The first-order valence-electron chi connectivity index (χ1n) is 4.81. The molecule has 0 fully saturated rings. The van der Waals surface area contributed by atoms with Crippen molar-refractivity contribution in [2.45, 2.75) is 39.7 Å². The summed E-state index contributed by atoms with van der Waals surface area (Å²) in [4.78, 5) is 0. The van der Waals surface area contributed by atoms with Crippen LogP contribution in [0.1, 0.15) is 33.6 Å². The quantitative estimate of drug-likeness (QED) is 0.714. The Morgan fingerprint density at radius 1 is 1.31 bits per heavy atom. The Morgan fingerprint density at radius 2 is 1.85 bits per heavy atom. The van der Waals surface area contributed by atoms with E-state index in [1.165, 1.54) is 0 Å². The zero-order valence-corrected chi connectivity index (χ0v) is 9.47. The minimum absolute atomic E-state index is 0.0753. The summed E-state index contributed by atoms with van der Waals surface area (Å²) in [6.07, 6.45) is 0.880. The predicted octanol–water partition coefficient (Wildman–Crippen LogP) is 1.22. The largest absolute Gasteiger partial charge is 0.393 e. The topological polar surface area (TPSA) is 54.4 Å². The third kappa shape index (κ3) is 5.26. The lowest BCUT2D eigenvalue weighted by Gasteiger charge is -2.16. The van der Waals surface area contributed by atoms with Crippen molar-refractivity contribution in [3.8, 4) is 0 Å². The zero-order chi connectivity index (χ0) is 10.5. The molecule has 1 N–H and O–H groups in total. The van der Waals surface area contributed by atoms with Crippen LogP contribution in [0, 0.1) is 5.92 Å². The average Bonchev–Trinajstić information content (AvgIpc) is 2.13. The molecule has 0 radical (unpaired) electrons. The second kappa shape index (κ2) is 5.60. The summed E-state index contributed by atoms with van der Waals surface area (Å²) in [7, 11) is -2.87. The van der Waals surface area contributed by atoms with Gasteiger partial charge in [0.05, 0.1) is 11.9 Å². The molecule has 3 nitrogen and oxygen atoms in total. The second-order valence-electron chi connectivity index (χ2n) is 3.48. The highest BCUT2D eigenvalue weighted by atomic mass is 32.2. The second-order valence-corrected chi connectivity index (χ2v) is 5.95. The molecular formula is C9H20O3S. The minimum Gasteiger partial charge on any atom is -0.393 e. The van der Waals surface area contributed by atoms with Gasteiger partial charge in [0, 0.05) is 5.75 Å². The molecule has 0 rings (SSSR count). The van der Waals surface area contributed by atoms with Crippen LogP contribution in [0.3, 0.4) is 0 Å². The van der Waals surface area contributed by atoms with Gasteiger partial charge in [0.1, 0.15) is 9.84 Å². The summed E-state index contributed by atoms with van der Waals surface area (Å²) in [5.41, 5.74) is 0. The summed E-state index contributed by atoms with van der Waals surface area (Å²) in [6.45, 7) is 5.44. The Balaban J connectivity index is 3.90. The van der Waals surface area contributed by atoms with Gasteiger partial charge in [-0.15, -0.1) is 0 Å². The summed E-state index contributed by atoms with van der Waals surface area (Å²) >= 11 is 0. The van der Waals surface area contributed by atoms with Gasteiger partial charge in [-0.05, 0) is 18.8 Å². The monoisotopic (exact) mass is 208 g/mol. The van der Waals surface area contributed by atoms with Crippen LogP contribution in [-0.2, 0) is 9.84 Å². The highest BCUT2D eigenvalue weighted by molar-refractivity contribution is 7.91. The molecule has 0 spiro atoms. The maximum atomic E-state index is 11.1. The molecule has 0 saturated heterocycles. The fraction of sp³-hybridized carbons (Fsp3) is 1.00. The zero-order valence-electron chi connectivity index (χ0n) is 8.66. The van der Waals surface area contributed by atoms with Crippen molar-refractivity contribution in [2.75, 3.05) is 11.5 Å². The number of hydrogen-bond acceptors (Lipinski definition) is 3. The lowest BCUT2D eigenvalue weighted by molar-refractivity contribution is 0.111. The highest BCUT2D eigenvalue weighted by Gasteiger charge is 2.15. The number of rotatable bonds is 6. The third-order valence-electron chi connectivity index (χ3n) is 2.40. The highest BCUT2D eigenvalue weighted by Crippen LogP contribution is 2.12. The molecule has 0 bridgehead atoms. The lowest BCUT2D eigenvalue weighted by Crippen LogP contribution is -2.20. The smallest absolute Gasteiger partial charge is 0.150 e. The fourth-order valence-electron chi connectivity index (χ4n) is 1.10. The van der Waals surface area contributed by atoms with Crippen molar-refractivity contribution in [1.82, 2.24) is 0 Å². The first kappa shape index (κ1) is 12.9. The summed E-state index contributed by atoms with van der Waals surface area (Å²) < 4.78 is 22.3. The first-order valence-corrected chi connectivity index (χ1v) is 6.63. The Kier molecular flexibility index (Phi) is 5.56. The van der Waals surface area contributed by atoms with Gasteiger partial charge >= 0.3 is 0 Å². The average molecular weight is 208 g/mol. The van der Waals surface area contributed by atoms with Crippen LogP contribution < -0.4 is 0 Å². The summed E-state index contributed by atoms with van der Waals surface area (Å²) in [5.74, 6) is 0.468. The van der Waals surface area contributed by atoms with Gasteiger partial charge in [0.25, 0.3) is 0 Å². The molecule has 0 aromatic heterocycles. The van der Waals surface area contributed by atoms with E-state index in [4.69, 9.17) is 0 Å². The van der Waals surface area contributed by atoms with Gasteiger partial charge in [0.15, 0.2) is 0 Å². The number of aliphatic hydroxyl groups excluding tert-OH is 1. The maximum Gasteiger partial charge on any atom is 0.150 e. The van der Waals surface area contributed by atoms with Crippen LogP contribution in [0.5, 0.6) is 0 Å². The van der Waals surface area contributed by atoms with E-state index in [-0.39, 0.29) is 23.5 Å². The summed E-state index contributed by atoms with van der Waals surface area (Å²) in [5, 5.41) is 9.40. The Hall–Kier alpha value is -0.0900. The standard InChI is InChI=1S/C9H20O3S/c1-4-9(10)8(3)6-7-13(11,12)5-2/h8-10H,4-7H2,1-3H3. The van der Waals surface area contributed by atoms with Gasteiger partial charge in [-0.3, -0.25) is 0 Å². The van der Waals surface area contributed by atoms with E-state index in [0.717, 1.165) is 0 Å². The number of sulfone groups is 1. The molecular weight excluding hydrogens is 188 g/mol. The molecule has 80 valence electrons. The first-order chi connectivity index (χ1) is 5.93. The molecule has 2 unspecified atom stereocenters. The van der Waals surface area contributed by atoms with E-state index in [1.54, 1.807) is 6.92 Å². The number of hydrogen-bond donors (Lipinski definition) is 1. The van der Waals surface area contributed by atoms with Gasteiger partial charge in [-0.1, -0.05) is 20.8 Å². The van der Waals surface area contributed by atoms with Crippen molar-refractivity contribution in [3.63, 3.8) is 0 Å². The molecule has 4 heteroatoms. The van der Waals surface area contributed by atoms with Gasteiger partial charge in [-0.2, -0.15) is 0 Å². The van der Waals surface area contributed by atoms with Crippen molar-refractivity contribution in [2.24, 2.45) is 5.92 Å². The Labute approximate surface area is 81.1 Å². The SMILES string of the molecule is CCC(O)C(C)CCS(=O)(=O)CC. The minimum atomic E-state index is -2.87. The van der Waals surface area contributed by atoms with E-state index >= 15 is 0 Å². The van der Waals surface area contributed by atoms with E-state index in [9.17, 15) is 13.5 Å². The Bertz CT molecular complexity index is 221. The predicted molar refractivity (Wildman–Crippen MR) is 54.4 cm³/mol. The van der Waals surface area contributed by atoms with Gasteiger partial charge in [0.2, 0.25) is 0 Å². The fourth-order valence-corrected chi connectivity index (χ4v) is 2.12. The van der Waals surface area contributed by atoms with E-state index in [1.807, 2.05) is 13.8 Å². The molecule has 0 aliphatic heterocycles. The molecule has 0 aliphatic rings. The van der Waals surface area contributed by atoms with Crippen LogP contribution >= 0.6 is 0 Å². The third-order valence-corrected chi connectivity index (χ3v) is 4.14. The van der Waals surface area contributed by atoms with Crippen molar-refractivity contribution in [1.29, 1.82) is 0 Å². The normalized spacial score (nSPS) is 16.9. The van der Waals surface area contributed by atoms with E-state index in [2.05, 4.69) is 0 Å². The molecule has 0 aromatic rings. The van der Waals surface area contributed by atoms with E-state index in [0.29, 0.717) is 12.8 Å². The molecule has 0 aliphatic carbocycles. The summed E-state index contributed by atoms with van der Waals surface area (Å²) in [6, 6.07) is 0. The van der Waals surface area contributed by atoms with Crippen LogP contribution in [0.2, 0.25) is 0 Å². The van der Waals surface area contributed by atoms with Crippen molar-refractivity contribution < 1.29 is 13.5 Å². The molecule has 0 heterocycles. The van der Waals surface area contributed by atoms with Crippen LogP contribution in [0.4, 0.5) is 0 Å². The molecule has 13 heavy (non-hydrogen) atoms. The van der Waals surface area contributed by atoms with Gasteiger partial charge in [-0.25, -0.2) is 8.42 Å². The van der Waals surface area contributed by atoms with Crippen LogP contribution in [0.25, 0.3) is 0 Å². The van der Waals surface area contributed by atoms with Crippen LogP contribution in [0.15, 0.2) is 0 Å². The van der Waals surface area contributed by atoms with Gasteiger partial charge < -0.3 is 5.11 Å². The lowest BCUT2D eigenvalue weighted by atomic mass is 10.0. The van der Waals surface area contributed by atoms with Crippen molar-refractivity contribution in [3.05, 3.63) is 0 Å². The van der Waals surface area contributed by atoms with Crippen molar-refractivity contribution >= 4 is 9.84 Å². The maximum absolute atomic E-state index is 11.1. The molecule has 0 amide bonds. The molecule has 0 saturated carbocycles. The molecule has 0 aromatic carbocycles. The Morgan fingerprint density at radius 3 is 2.23 bits per heavy atom. The van der Waals surface area contributed by atoms with E-state index < -0.39 is 9.84 Å². The molecule has 2 atom stereocenters. The van der Waals surface area contributed by atoms with Crippen LogP contribution in [-0.4, -0.2) is 31.1 Å².